The van der Waals surface area contributed by atoms with Crippen molar-refractivity contribution in [2.24, 2.45) is 0 Å². The van der Waals surface area contributed by atoms with Crippen LogP contribution in [0.15, 0.2) is 51.3 Å². The van der Waals surface area contributed by atoms with Crippen LogP contribution in [0.1, 0.15) is 42.2 Å². The molecule has 0 spiro atoms. The van der Waals surface area contributed by atoms with E-state index in [0.717, 1.165) is 53.5 Å². The first-order valence-electron chi connectivity index (χ1n) is 10.7. The van der Waals surface area contributed by atoms with Crippen LogP contribution in [0, 0.1) is 6.92 Å². The van der Waals surface area contributed by atoms with E-state index < -0.39 is 10.7 Å². The van der Waals surface area contributed by atoms with E-state index in [4.69, 9.17) is 8.83 Å². The summed E-state index contributed by atoms with van der Waals surface area (Å²) in [5, 5.41) is 9.40. The van der Waals surface area contributed by atoms with Gasteiger partial charge in [0.15, 0.2) is 0 Å². The van der Waals surface area contributed by atoms with Gasteiger partial charge >= 0.3 is 5.97 Å². The zero-order valence-corrected chi connectivity index (χ0v) is 19.4. The zero-order chi connectivity index (χ0) is 22.7. The lowest BCUT2D eigenvalue weighted by molar-refractivity contribution is -0.142. The van der Waals surface area contributed by atoms with E-state index in [2.05, 4.69) is 9.88 Å². The topological polar surface area (TPSA) is 79.7 Å². The molecule has 1 saturated carbocycles. The summed E-state index contributed by atoms with van der Waals surface area (Å²) in [4.78, 5) is 18.2. The Bertz CT molecular complexity index is 1110. The highest BCUT2D eigenvalue weighted by Crippen LogP contribution is 2.44. The third-order valence-electron chi connectivity index (χ3n) is 5.84. The number of rotatable bonds is 9. The number of furan rings is 1. The van der Waals surface area contributed by atoms with Gasteiger partial charge in [-0.1, -0.05) is 6.08 Å². The largest absolute Gasteiger partial charge is 0.480 e. The van der Waals surface area contributed by atoms with Gasteiger partial charge in [0.05, 0.1) is 12.1 Å². The number of hydrogen-bond donors (Lipinski definition) is 1. The number of anilines is 1. The van der Waals surface area contributed by atoms with Crippen LogP contribution in [-0.4, -0.2) is 40.7 Å². The third kappa shape index (κ3) is 4.78. The lowest BCUT2D eigenvalue weighted by Gasteiger charge is -2.36. The lowest BCUT2D eigenvalue weighted by atomic mass is 9.84. The number of carboxylic acid groups (broad SMARTS) is 1. The molecule has 2 aromatic heterocycles. The van der Waals surface area contributed by atoms with Crippen molar-refractivity contribution in [1.82, 2.24) is 4.98 Å². The molecular weight excluding hydrogens is 424 g/mol. The fraction of sp³-hybridized carbons (Fsp3) is 0.360. The summed E-state index contributed by atoms with van der Waals surface area (Å²) < 4.78 is 11.2. The van der Waals surface area contributed by atoms with E-state index in [1.54, 1.807) is 0 Å². The molecule has 1 N–H and O–H groups in total. The Balaban J connectivity index is 1.36. The number of aryl methyl sites for hydroxylation is 1. The minimum atomic E-state index is -0.696. The fourth-order valence-corrected chi connectivity index (χ4v) is 4.86. The van der Waals surface area contributed by atoms with Crippen LogP contribution < -0.4 is 4.90 Å². The number of carbonyl (C=O) groups is 1. The van der Waals surface area contributed by atoms with Crippen molar-refractivity contribution in [3.05, 3.63) is 65.4 Å². The first-order valence-corrected chi connectivity index (χ1v) is 11.7. The molecule has 32 heavy (non-hydrogen) atoms. The molecule has 6 nitrogen and oxygen atoms in total. The zero-order valence-electron chi connectivity index (χ0n) is 18.6. The maximum absolute atomic E-state index is 11.4. The minimum Gasteiger partial charge on any atom is -0.480 e. The second kappa shape index (κ2) is 9.28. The maximum atomic E-state index is 11.4. The van der Waals surface area contributed by atoms with E-state index in [0.29, 0.717) is 18.1 Å². The maximum Gasteiger partial charge on any atom is 0.319 e. The summed E-state index contributed by atoms with van der Waals surface area (Å²) >= 11 is 1.50. The Kier molecular flexibility index (Phi) is 6.46. The second-order valence-corrected chi connectivity index (χ2v) is 9.71. The number of nitrogens with zero attached hydrogens (tertiary/aromatic N) is 2. The molecule has 0 unspecified atom stereocenters. The Morgan fingerprint density at radius 3 is 2.56 bits per heavy atom. The SMILES string of the molecule is Cc1oc(-c2ccc(N(C)C)cc2)nc1Cc1ccc(C=CCSC2(C(=O)O)CCC2)o1. The first-order chi connectivity index (χ1) is 15.4. The Hall–Kier alpha value is -2.93. The molecule has 0 amide bonds. The monoisotopic (exact) mass is 452 g/mol. The molecule has 1 fully saturated rings. The van der Waals surface area contributed by atoms with Crippen molar-refractivity contribution >= 4 is 29.5 Å². The standard InChI is InChI=1S/C25H28N2O4S/c1-17-22(26-23(30-17)18-7-9-19(10-8-18)27(2)3)16-21-12-11-20(31-21)6-4-15-32-25(24(28)29)13-5-14-25/h4,6-12H,5,13-16H2,1-3H3,(H,28,29). The van der Waals surface area contributed by atoms with Crippen molar-refractivity contribution in [2.75, 3.05) is 24.7 Å². The van der Waals surface area contributed by atoms with Crippen LogP contribution in [-0.2, 0) is 11.2 Å². The van der Waals surface area contributed by atoms with Crippen LogP contribution in [0.5, 0.6) is 0 Å². The van der Waals surface area contributed by atoms with Gasteiger partial charge < -0.3 is 18.8 Å². The molecule has 1 aliphatic rings. The van der Waals surface area contributed by atoms with E-state index in [-0.39, 0.29) is 0 Å². The van der Waals surface area contributed by atoms with Crippen LogP contribution in [0.4, 0.5) is 5.69 Å². The molecule has 7 heteroatoms. The quantitative estimate of drug-likeness (QED) is 0.449. The summed E-state index contributed by atoms with van der Waals surface area (Å²) in [5.41, 5.74) is 2.92. The predicted octanol–water partition coefficient (Wildman–Crippen LogP) is 5.65. The average molecular weight is 453 g/mol. The molecule has 0 saturated heterocycles. The van der Waals surface area contributed by atoms with Gasteiger partial charge in [0.25, 0.3) is 0 Å². The highest BCUT2D eigenvalue weighted by molar-refractivity contribution is 8.01. The van der Waals surface area contributed by atoms with Gasteiger partial charge in [-0.25, -0.2) is 4.98 Å². The smallest absolute Gasteiger partial charge is 0.319 e. The van der Waals surface area contributed by atoms with Gasteiger partial charge in [-0.2, -0.15) is 0 Å². The Labute approximate surface area is 192 Å². The summed E-state index contributed by atoms with van der Waals surface area (Å²) in [6, 6.07) is 12.0. The Morgan fingerprint density at radius 1 is 1.19 bits per heavy atom. The number of aromatic nitrogens is 1. The summed E-state index contributed by atoms with van der Waals surface area (Å²) in [6.07, 6.45) is 6.92. The van der Waals surface area contributed by atoms with Crippen molar-refractivity contribution in [2.45, 2.75) is 37.4 Å². The molecule has 168 valence electrons. The van der Waals surface area contributed by atoms with Gasteiger partial charge in [0, 0.05) is 31.1 Å². The summed E-state index contributed by atoms with van der Waals surface area (Å²) in [6.45, 7) is 1.92. The normalized spacial score (nSPS) is 15.1. The number of benzene rings is 1. The van der Waals surface area contributed by atoms with Gasteiger partial charge in [0.2, 0.25) is 5.89 Å². The minimum absolute atomic E-state index is 0.551. The lowest BCUT2D eigenvalue weighted by Crippen LogP contribution is -2.42. The highest BCUT2D eigenvalue weighted by Gasteiger charge is 2.44. The number of oxazole rings is 1. The molecule has 0 atom stereocenters. The molecule has 4 rings (SSSR count). The molecule has 0 radical (unpaired) electrons. The fourth-order valence-electron chi connectivity index (χ4n) is 3.65. The second-order valence-electron chi connectivity index (χ2n) is 8.31. The van der Waals surface area contributed by atoms with Gasteiger partial charge in [-0.3, -0.25) is 4.79 Å². The Morgan fingerprint density at radius 2 is 1.94 bits per heavy atom. The number of thioether (sulfide) groups is 1. The number of aliphatic carboxylic acids is 1. The summed E-state index contributed by atoms with van der Waals surface area (Å²) in [5.74, 6) is 2.90. The van der Waals surface area contributed by atoms with Gasteiger partial charge in [0.1, 0.15) is 22.0 Å². The van der Waals surface area contributed by atoms with Gasteiger partial charge in [-0.15, -0.1) is 11.8 Å². The summed E-state index contributed by atoms with van der Waals surface area (Å²) in [7, 11) is 4.02. The first kappa shape index (κ1) is 22.3. The molecule has 1 aliphatic carbocycles. The third-order valence-corrected chi connectivity index (χ3v) is 7.33. The van der Waals surface area contributed by atoms with Crippen molar-refractivity contribution in [1.29, 1.82) is 0 Å². The van der Waals surface area contributed by atoms with Crippen LogP contribution in [0.3, 0.4) is 0 Å². The van der Waals surface area contributed by atoms with Crippen LogP contribution in [0.25, 0.3) is 17.5 Å². The molecule has 0 bridgehead atoms. The van der Waals surface area contributed by atoms with E-state index >= 15 is 0 Å². The molecular formula is C25H28N2O4S. The molecule has 0 aliphatic heterocycles. The number of carboxylic acids is 1. The van der Waals surface area contributed by atoms with E-state index in [1.807, 2.05) is 69.6 Å². The van der Waals surface area contributed by atoms with Crippen molar-refractivity contribution in [3.8, 4) is 11.5 Å². The van der Waals surface area contributed by atoms with Crippen molar-refractivity contribution < 1.29 is 18.7 Å². The molecule has 2 heterocycles. The average Bonchev–Trinajstić information content (AvgIpc) is 3.33. The van der Waals surface area contributed by atoms with Crippen molar-refractivity contribution in [3.63, 3.8) is 0 Å². The van der Waals surface area contributed by atoms with Gasteiger partial charge in [-0.05, 0) is 68.7 Å². The number of hydrogen-bond acceptors (Lipinski definition) is 6. The van der Waals surface area contributed by atoms with E-state index in [1.165, 1.54) is 11.8 Å². The molecule has 3 aromatic rings. The molecule has 1 aromatic carbocycles. The highest BCUT2D eigenvalue weighted by atomic mass is 32.2. The predicted molar refractivity (Wildman–Crippen MR) is 128 cm³/mol. The van der Waals surface area contributed by atoms with Crippen LogP contribution in [0.2, 0.25) is 0 Å². The van der Waals surface area contributed by atoms with Crippen LogP contribution >= 0.6 is 11.8 Å². The van der Waals surface area contributed by atoms with E-state index in [9.17, 15) is 9.90 Å².